The third-order valence-corrected chi connectivity index (χ3v) is 6.26. The Labute approximate surface area is 198 Å². The van der Waals surface area contributed by atoms with Crippen LogP contribution in [0.2, 0.25) is 10.0 Å². The number of halogens is 2. The van der Waals surface area contributed by atoms with Crippen LogP contribution in [-0.4, -0.2) is 35.0 Å². The average molecular weight is 474 g/mol. The van der Waals surface area contributed by atoms with E-state index in [9.17, 15) is 0 Å². The fourth-order valence-corrected chi connectivity index (χ4v) is 4.48. The van der Waals surface area contributed by atoms with E-state index in [0.29, 0.717) is 22.1 Å². The number of aromatic nitrogens is 7. The largest absolute Gasteiger partial charge is 0.278 e. The molecule has 3 aromatic heterocycles. The van der Waals surface area contributed by atoms with Gasteiger partial charge in [0.15, 0.2) is 0 Å². The second kappa shape index (κ2) is 7.72. The molecule has 0 aliphatic carbocycles. The monoisotopic (exact) mass is 473 g/mol. The standard InChI is InChI=1S/C24H17Cl2N7/c1-14-11-28-32(13-15-2-5-18(25)6-3-15)24(14)17-8-20(26)23-22(9-17)33(31-30-23)19-7-4-16-12-27-29-21(16)10-19/h2-12H,13H2,1H3,(H,27,29). The first-order chi connectivity index (χ1) is 16.1. The lowest BCUT2D eigenvalue weighted by Gasteiger charge is -2.11. The molecule has 162 valence electrons. The van der Waals surface area contributed by atoms with Crippen LogP contribution in [0.15, 0.2) is 67.0 Å². The lowest BCUT2D eigenvalue weighted by molar-refractivity contribution is 0.694. The van der Waals surface area contributed by atoms with E-state index in [-0.39, 0.29) is 0 Å². The van der Waals surface area contributed by atoms with Gasteiger partial charge < -0.3 is 0 Å². The van der Waals surface area contributed by atoms with Crippen LogP contribution in [0.5, 0.6) is 0 Å². The van der Waals surface area contributed by atoms with Gasteiger partial charge in [-0.05, 0) is 60.5 Å². The molecule has 7 nitrogen and oxygen atoms in total. The van der Waals surface area contributed by atoms with Crippen molar-refractivity contribution in [2.24, 2.45) is 0 Å². The molecule has 0 saturated carbocycles. The summed E-state index contributed by atoms with van der Waals surface area (Å²) in [6.07, 6.45) is 3.66. The second-order valence-corrected chi connectivity index (χ2v) is 8.77. The third-order valence-electron chi connectivity index (χ3n) is 5.72. The van der Waals surface area contributed by atoms with Gasteiger partial charge in [0.05, 0.1) is 46.4 Å². The fraction of sp³-hybridized carbons (Fsp3) is 0.0833. The first-order valence-electron chi connectivity index (χ1n) is 10.3. The highest BCUT2D eigenvalue weighted by Crippen LogP contribution is 2.33. The summed E-state index contributed by atoms with van der Waals surface area (Å²) < 4.78 is 3.76. The Kier molecular flexibility index (Phi) is 4.67. The highest BCUT2D eigenvalue weighted by molar-refractivity contribution is 6.35. The Morgan fingerprint density at radius 2 is 1.82 bits per heavy atom. The van der Waals surface area contributed by atoms with Gasteiger partial charge in [-0.15, -0.1) is 5.10 Å². The van der Waals surface area contributed by atoms with Gasteiger partial charge >= 0.3 is 0 Å². The number of aromatic amines is 1. The molecule has 33 heavy (non-hydrogen) atoms. The van der Waals surface area contributed by atoms with Crippen molar-refractivity contribution < 1.29 is 0 Å². The van der Waals surface area contributed by atoms with Gasteiger partial charge in [0.2, 0.25) is 0 Å². The molecule has 0 radical (unpaired) electrons. The maximum Gasteiger partial charge on any atom is 0.132 e. The first-order valence-corrected chi connectivity index (χ1v) is 11.1. The molecule has 0 amide bonds. The van der Waals surface area contributed by atoms with Gasteiger partial charge in [0.25, 0.3) is 0 Å². The van der Waals surface area contributed by atoms with Crippen molar-refractivity contribution in [1.82, 2.24) is 35.0 Å². The molecule has 0 aliphatic rings. The SMILES string of the molecule is Cc1cnn(Cc2ccc(Cl)cc2)c1-c1cc(Cl)c2nnn(-c3ccc4cn[nH]c4c3)c2c1. The van der Waals surface area contributed by atoms with Crippen LogP contribution < -0.4 is 0 Å². The molecular weight excluding hydrogens is 457 g/mol. The molecule has 0 fully saturated rings. The van der Waals surface area contributed by atoms with Crippen LogP contribution in [0.3, 0.4) is 0 Å². The molecule has 1 N–H and O–H groups in total. The van der Waals surface area contributed by atoms with Crippen LogP contribution in [0.1, 0.15) is 11.1 Å². The zero-order valence-corrected chi connectivity index (χ0v) is 19.0. The quantitative estimate of drug-likeness (QED) is 0.349. The van der Waals surface area contributed by atoms with Crippen molar-refractivity contribution in [3.05, 3.63) is 88.2 Å². The van der Waals surface area contributed by atoms with Gasteiger partial charge in [0, 0.05) is 16.0 Å². The molecule has 0 saturated heterocycles. The predicted molar refractivity (Wildman–Crippen MR) is 130 cm³/mol. The van der Waals surface area contributed by atoms with Crippen LogP contribution in [-0.2, 0) is 6.54 Å². The first kappa shape index (κ1) is 20.0. The Morgan fingerprint density at radius 1 is 0.970 bits per heavy atom. The molecule has 3 heterocycles. The highest BCUT2D eigenvalue weighted by atomic mass is 35.5. The van der Waals surface area contributed by atoms with Crippen LogP contribution in [0.4, 0.5) is 0 Å². The molecule has 3 aromatic carbocycles. The summed E-state index contributed by atoms with van der Waals surface area (Å²) in [5.41, 5.74) is 7.35. The molecular formula is C24H17Cl2N7. The molecule has 0 aliphatic heterocycles. The number of nitrogens with zero attached hydrogens (tertiary/aromatic N) is 6. The van der Waals surface area contributed by atoms with E-state index >= 15 is 0 Å². The molecule has 9 heteroatoms. The minimum atomic E-state index is 0.537. The van der Waals surface area contributed by atoms with E-state index in [4.69, 9.17) is 23.2 Å². The molecule has 0 atom stereocenters. The maximum atomic E-state index is 6.66. The van der Waals surface area contributed by atoms with E-state index in [1.807, 2.05) is 66.3 Å². The summed E-state index contributed by atoms with van der Waals surface area (Å²) in [5.74, 6) is 0. The van der Waals surface area contributed by atoms with Crippen molar-refractivity contribution in [3.8, 4) is 16.9 Å². The number of rotatable bonds is 4. The molecule has 6 rings (SSSR count). The Morgan fingerprint density at radius 3 is 2.67 bits per heavy atom. The zero-order chi connectivity index (χ0) is 22.5. The Balaban J connectivity index is 1.48. The van der Waals surface area contributed by atoms with Gasteiger partial charge in [-0.2, -0.15) is 10.2 Å². The van der Waals surface area contributed by atoms with E-state index in [0.717, 1.165) is 44.5 Å². The number of nitrogens with one attached hydrogen (secondary N) is 1. The summed E-state index contributed by atoms with van der Waals surface area (Å²) in [5, 5.41) is 22.7. The Bertz CT molecular complexity index is 1630. The molecule has 0 bridgehead atoms. The fourth-order valence-electron chi connectivity index (χ4n) is 4.10. The minimum absolute atomic E-state index is 0.537. The number of H-pyrrole nitrogens is 1. The van der Waals surface area contributed by atoms with Crippen LogP contribution >= 0.6 is 23.2 Å². The van der Waals surface area contributed by atoms with Crippen molar-refractivity contribution >= 4 is 45.1 Å². The summed E-state index contributed by atoms with van der Waals surface area (Å²) >= 11 is 12.7. The summed E-state index contributed by atoms with van der Waals surface area (Å²) in [6, 6.07) is 17.7. The summed E-state index contributed by atoms with van der Waals surface area (Å²) in [7, 11) is 0. The second-order valence-electron chi connectivity index (χ2n) is 7.93. The minimum Gasteiger partial charge on any atom is -0.278 e. The van der Waals surface area contributed by atoms with E-state index in [1.54, 1.807) is 10.9 Å². The number of hydrogen-bond acceptors (Lipinski definition) is 4. The maximum absolute atomic E-state index is 6.66. The smallest absolute Gasteiger partial charge is 0.132 e. The van der Waals surface area contributed by atoms with Crippen LogP contribution in [0.25, 0.3) is 38.9 Å². The lowest BCUT2D eigenvalue weighted by Crippen LogP contribution is -2.04. The number of benzene rings is 3. The molecule has 0 spiro atoms. The third kappa shape index (κ3) is 3.46. The normalized spacial score (nSPS) is 11.6. The van der Waals surface area contributed by atoms with Crippen molar-refractivity contribution in [2.75, 3.05) is 0 Å². The van der Waals surface area contributed by atoms with Gasteiger partial charge in [-0.1, -0.05) is 40.5 Å². The van der Waals surface area contributed by atoms with Gasteiger partial charge in [-0.3, -0.25) is 9.78 Å². The Hall–Kier alpha value is -3.68. The highest BCUT2D eigenvalue weighted by Gasteiger charge is 2.17. The van der Waals surface area contributed by atoms with Gasteiger partial charge in [0.1, 0.15) is 5.52 Å². The number of hydrogen-bond donors (Lipinski definition) is 1. The topological polar surface area (TPSA) is 77.2 Å². The van der Waals surface area contributed by atoms with Gasteiger partial charge in [-0.25, -0.2) is 4.68 Å². The van der Waals surface area contributed by atoms with E-state index < -0.39 is 0 Å². The van der Waals surface area contributed by atoms with E-state index in [1.165, 1.54) is 0 Å². The van der Waals surface area contributed by atoms with E-state index in [2.05, 4.69) is 31.7 Å². The number of aryl methyl sites for hydroxylation is 1. The predicted octanol–water partition coefficient (Wildman–Crippen LogP) is 5.82. The van der Waals surface area contributed by atoms with Crippen molar-refractivity contribution in [1.29, 1.82) is 0 Å². The molecule has 6 aromatic rings. The number of fused-ring (bicyclic) bond motifs is 2. The molecule has 0 unspecified atom stereocenters. The summed E-state index contributed by atoms with van der Waals surface area (Å²) in [6.45, 7) is 2.66. The van der Waals surface area contributed by atoms with Crippen molar-refractivity contribution in [3.63, 3.8) is 0 Å². The van der Waals surface area contributed by atoms with Crippen molar-refractivity contribution in [2.45, 2.75) is 13.5 Å². The summed E-state index contributed by atoms with van der Waals surface area (Å²) in [4.78, 5) is 0. The average Bonchev–Trinajstić information content (AvgIpc) is 3.53. The van der Waals surface area contributed by atoms with Crippen LogP contribution in [0, 0.1) is 6.92 Å². The lowest BCUT2D eigenvalue weighted by atomic mass is 10.1. The zero-order valence-electron chi connectivity index (χ0n) is 17.5.